The maximum atomic E-state index is 12.7. The van der Waals surface area contributed by atoms with E-state index in [1.165, 1.54) is 11.0 Å². The minimum absolute atomic E-state index is 0.00854. The Balaban J connectivity index is 2.23. The van der Waals surface area contributed by atoms with E-state index >= 15 is 0 Å². The molecule has 0 aliphatic carbocycles. The third-order valence-electron chi connectivity index (χ3n) is 2.91. The van der Waals surface area contributed by atoms with Crippen molar-refractivity contribution in [3.63, 3.8) is 0 Å². The van der Waals surface area contributed by atoms with Crippen LogP contribution in [0.2, 0.25) is 0 Å². The van der Waals surface area contributed by atoms with Crippen LogP contribution in [-0.4, -0.2) is 36.5 Å². The van der Waals surface area contributed by atoms with Crippen LogP contribution in [0.5, 0.6) is 0 Å². The van der Waals surface area contributed by atoms with Gasteiger partial charge in [0.2, 0.25) is 5.91 Å². The molecule has 0 aromatic carbocycles. The van der Waals surface area contributed by atoms with Crippen molar-refractivity contribution < 1.29 is 22.0 Å². The van der Waals surface area contributed by atoms with E-state index in [0.717, 1.165) is 6.20 Å². The van der Waals surface area contributed by atoms with Crippen LogP contribution >= 0.6 is 15.9 Å². The second-order valence-electron chi connectivity index (χ2n) is 4.54. The Kier molecular flexibility index (Phi) is 4.23. The molecule has 1 saturated heterocycles. The molecule has 21 heavy (non-hydrogen) atoms. The fourth-order valence-electron chi connectivity index (χ4n) is 2.10. The molecule has 1 aromatic heterocycles. The highest BCUT2D eigenvalue weighted by Crippen LogP contribution is 2.32. The number of amides is 1. The van der Waals surface area contributed by atoms with Gasteiger partial charge in [-0.25, -0.2) is 4.98 Å². The minimum Gasteiger partial charge on any atom is -0.296 e. The van der Waals surface area contributed by atoms with Crippen molar-refractivity contribution in [2.45, 2.75) is 6.42 Å². The molecule has 0 N–H and O–H groups in total. The highest BCUT2D eigenvalue weighted by molar-refractivity contribution is 9.10. The number of hydrogen-bond acceptors (Lipinski definition) is 6. The molecule has 0 saturated carbocycles. The molecule has 0 radical (unpaired) electrons. The van der Waals surface area contributed by atoms with E-state index in [2.05, 4.69) is 20.9 Å². The number of nitro groups is 1. The standard InChI is InChI=1S/C10H9BrFN3O5S/c11-8-2-7(15(17)18)3-13-10(8)14-4-6(1-9(14)16)5-21(12,19)20/h2-3,6H,1,4-5H2. The highest BCUT2D eigenvalue weighted by atomic mass is 79.9. The number of anilines is 1. The zero-order valence-electron chi connectivity index (χ0n) is 10.4. The van der Waals surface area contributed by atoms with E-state index < -0.39 is 32.7 Å². The first-order valence-corrected chi connectivity index (χ1v) is 8.04. The highest BCUT2D eigenvalue weighted by Gasteiger charge is 2.35. The number of carbonyl (C=O) groups is 1. The van der Waals surface area contributed by atoms with Crippen LogP contribution in [0.25, 0.3) is 0 Å². The predicted octanol–water partition coefficient (Wildman–Crippen LogP) is 1.40. The van der Waals surface area contributed by atoms with Gasteiger partial charge in [0.1, 0.15) is 12.0 Å². The molecule has 0 bridgehead atoms. The first-order chi connectivity index (χ1) is 9.67. The van der Waals surface area contributed by atoms with Crippen molar-refractivity contribution in [2.24, 2.45) is 5.92 Å². The normalized spacial score (nSPS) is 19.0. The largest absolute Gasteiger partial charge is 0.302 e. The number of carbonyl (C=O) groups excluding carboxylic acids is 1. The van der Waals surface area contributed by atoms with Crippen molar-refractivity contribution in [1.29, 1.82) is 0 Å². The molecule has 2 rings (SSSR count). The molecule has 11 heteroatoms. The molecular weight excluding hydrogens is 373 g/mol. The van der Waals surface area contributed by atoms with Crippen molar-refractivity contribution in [1.82, 2.24) is 4.98 Å². The summed E-state index contributed by atoms with van der Waals surface area (Å²) in [5.41, 5.74) is -0.250. The summed E-state index contributed by atoms with van der Waals surface area (Å²) in [7, 11) is -4.66. The topological polar surface area (TPSA) is 110 Å². The fraction of sp³-hybridized carbons (Fsp3) is 0.400. The fourth-order valence-corrected chi connectivity index (χ4v) is 3.44. The molecule has 1 unspecified atom stereocenters. The maximum Gasteiger partial charge on any atom is 0.302 e. The number of hydrogen-bond donors (Lipinski definition) is 0. The van der Waals surface area contributed by atoms with Gasteiger partial charge in [-0.2, -0.15) is 8.42 Å². The van der Waals surface area contributed by atoms with Crippen LogP contribution < -0.4 is 4.90 Å². The predicted molar refractivity (Wildman–Crippen MR) is 73.9 cm³/mol. The molecule has 1 aliphatic rings. The summed E-state index contributed by atoms with van der Waals surface area (Å²) >= 11 is 3.08. The molecule has 1 aliphatic heterocycles. The van der Waals surface area contributed by atoms with E-state index in [1.807, 2.05) is 0 Å². The first-order valence-electron chi connectivity index (χ1n) is 5.70. The summed E-state index contributed by atoms with van der Waals surface area (Å²) in [6.45, 7) is -0.00854. The average Bonchev–Trinajstić information content (AvgIpc) is 2.67. The van der Waals surface area contributed by atoms with Crippen LogP contribution in [0.3, 0.4) is 0 Å². The van der Waals surface area contributed by atoms with Gasteiger partial charge in [-0.3, -0.25) is 19.8 Å². The van der Waals surface area contributed by atoms with E-state index in [-0.39, 0.29) is 28.9 Å². The summed E-state index contributed by atoms with van der Waals surface area (Å²) in [5, 5.41) is 10.6. The average molecular weight is 382 g/mol. The van der Waals surface area contributed by atoms with Gasteiger partial charge in [0.05, 0.1) is 15.1 Å². The van der Waals surface area contributed by atoms with Gasteiger partial charge in [0.15, 0.2) is 0 Å². The van der Waals surface area contributed by atoms with Crippen LogP contribution in [-0.2, 0) is 15.0 Å². The third kappa shape index (κ3) is 3.73. The molecule has 0 spiro atoms. The van der Waals surface area contributed by atoms with Crippen molar-refractivity contribution in [3.05, 3.63) is 26.9 Å². The van der Waals surface area contributed by atoms with Gasteiger partial charge in [0.25, 0.3) is 5.69 Å². The molecule has 114 valence electrons. The van der Waals surface area contributed by atoms with Gasteiger partial charge in [-0.15, -0.1) is 3.89 Å². The molecule has 8 nitrogen and oxygen atoms in total. The van der Waals surface area contributed by atoms with Gasteiger partial charge < -0.3 is 0 Å². The summed E-state index contributed by atoms with van der Waals surface area (Å²) in [4.78, 5) is 26.9. The lowest BCUT2D eigenvalue weighted by Crippen LogP contribution is -2.26. The smallest absolute Gasteiger partial charge is 0.296 e. The molecular formula is C10H9BrFN3O5S. The number of halogens is 2. The summed E-state index contributed by atoms with van der Waals surface area (Å²) in [5.74, 6) is -1.67. The SMILES string of the molecule is O=C1CC(CS(=O)(=O)F)CN1c1ncc([N+](=O)[O-])cc1Br. The Hall–Kier alpha value is -1.62. The Labute approximate surface area is 127 Å². The van der Waals surface area contributed by atoms with E-state index in [0.29, 0.717) is 0 Å². The lowest BCUT2D eigenvalue weighted by atomic mass is 10.1. The summed E-state index contributed by atoms with van der Waals surface area (Å²) < 4.78 is 34.1. The maximum absolute atomic E-state index is 12.7. The van der Waals surface area contributed by atoms with Gasteiger partial charge in [-0.1, -0.05) is 0 Å². The van der Waals surface area contributed by atoms with Crippen LogP contribution in [0.1, 0.15) is 6.42 Å². The van der Waals surface area contributed by atoms with Crippen molar-refractivity contribution in [3.8, 4) is 0 Å². The van der Waals surface area contributed by atoms with Gasteiger partial charge in [-0.05, 0) is 15.9 Å². The molecule has 1 amide bonds. The number of aromatic nitrogens is 1. The van der Waals surface area contributed by atoms with Gasteiger partial charge in [0, 0.05) is 24.9 Å². The second-order valence-corrected chi connectivity index (χ2v) is 6.80. The Morgan fingerprint density at radius 2 is 2.24 bits per heavy atom. The van der Waals surface area contributed by atoms with E-state index in [4.69, 9.17) is 0 Å². The van der Waals surface area contributed by atoms with E-state index in [9.17, 15) is 27.2 Å². The molecule has 1 aromatic rings. The molecule has 1 atom stereocenters. The van der Waals surface area contributed by atoms with E-state index in [1.54, 1.807) is 0 Å². The van der Waals surface area contributed by atoms with Crippen molar-refractivity contribution >= 4 is 43.6 Å². The monoisotopic (exact) mass is 381 g/mol. The zero-order valence-corrected chi connectivity index (χ0v) is 12.8. The van der Waals surface area contributed by atoms with Crippen molar-refractivity contribution in [2.75, 3.05) is 17.2 Å². The zero-order chi connectivity index (χ0) is 15.8. The van der Waals surface area contributed by atoms with Crippen LogP contribution in [0, 0.1) is 16.0 Å². The summed E-state index contributed by atoms with van der Waals surface area (Å²) in [6.07, 6.45) is 0.876. The van der Waals surface area contributed by atoms with Crippen LogP contribution in [0.15, 0.2) is 16.7 Å². The summed E-state index contributed by atoms with van der Waals surface area (Å²) in [6, 6.07) is 1.19. The lowest BCUT2D eigenvalue weighted by Gasteiger charge is -2.16. The number of nitrogens with zero attached hydrogens (tertiary/aromatic N) is 3. The lowest BCUT2D eigenvalue weighted by molar-refractivity contribution is -0.385. The van der Waals surface area contributed by atoms with Crippen LogP contribution in [0.4, 0.5) is 15.4 Å². The molecule has 1 fully saturated rings. The Bertz CT molecular complexity index is 711. The van der Waals surface area contributed by atoms with Gasteiger partial charge >= 0.3 is 10.2 Å². The first kappa shape index (κ1) is 15.8. The Morgan fingerprint density at radius 1 is 1.57 bits per heavy atom. The number of rotatable bonds is 4. The minimum atomic E-state index is -4.66. The Morgan fingerprint density at radius 3 is 2.76 bits per heavy atom. The third-order valence-corrected chi connectivity index (χ3v) is 4.37. The number of pyridine rings is 1. The second kappa shape index (κ2) is 5.64. The quantitative estimate of drug-likeness (QED) is 0.442. The molecule has 2 heterocycles.